The van der Waals surface area contributed by atoms with Gasteiger partial charge in [0, 0.05) is 29.2 Å². The summed E-state index contributed by atoms with van der Waals surface area (Å²) >= 11 is -2.25. The Balaban J connectivity index is 1.72. The fraction of sp³-hybridized carbons (Fsp3) is 0.286. The molecule has 29 heavy (non-hydrogen) atoms. The summed E-state index contributed by atoms with van der Waals surface area (Å²) in [6.45, 7) is 0.392. The van der Waals surface area contributed by atoms with E-state index in [1.54, 1.807) is 0 Å². The van der Waals surface area contributed by atoms with Crippen LogP contribution in [0.25, 0.3) is 10.9 Å². The molecule has 0 bridgehead atoms. The van der Waals surface area contributed by atoms with Crippen molar-refractivity contribution in [3.8, 4) is 0 Å². The maximum atomic E-state index is 13.3. The Morgan fingerprint density at radius 1 is 1.21 bits per heavy atom. The first-order chi connectivity index (χ1) is 14.0. The van der Waals surface area contributed by atoms with Crippen LogP contribution in [0.1, 0.15) is 24.1 Å². The third-order valence-electron chi connectivity index (χ3n) is 5.48. The number of anilines is 1. The summed E-state index contributed by atoms with van der Waals surface area (Å²) in [7, 11) is 0. The second-order valence-electron chi connectivity index (χ2n) is 7.17. The maximum absolute atomic E-state index is 13.3. The van der Waals surface area contributed by atoms with E-state index in [0.717, 1.165) is 22.2 Å². The van der Waals surface area contributed by atoms with Gasteiger partial charge in [-0.05, 0) is 55.2 Å². The van der Waals surface area contributed by atoms with Gasteiger partial charge in [0.2, 0.25) is 0 Å². The van der Waals surface area contributed by atoms with Crippen LogP contribution in [0.4, 0.5) is 10.1 Å². The van der Waals surface area contributed by atoms with E-state index in [0.29, 0.717) is 31.5 Å². The first-order valence-electron chi connectivity index (χ1n) is 9.42. The molecule has 0 spiro atoms. The van der Waals surface area contributed by atoms with Crippen LogP contribution in [-0.2, 0) is 35.4 Å². The third kappa shape index (κ3) is 3.77. The van der Waals surface area contributed by atoms with Crippen LogP contribution in [0.2, 0.25) is 0 Å². The number of benzene rings is 2. The van der Waals surface area contributed by atoms with Gasteiger partial charge in [-0.25, -0.2) is 8.60 Å². The predicted molar refractivity (Wildman–Crippen MR) is 110 cm³/mol. The van der Waals surface area contributed by atoms with Gasteiger partial charge >= 0.3 is 5.97 Å². The number of halogens is 1. The Kier molecular flexibility index (Phi) is 5.38. The van der Waals surface area contributed by atoms with Crippen molar-refractivity contribution in [1.29, 1.82) is 0 Å². The van der Waals surface area contributed by atoms with Crippen molar-refractivity contribution in [3.05, 3.63) is 65.6 Å². The summed E-state index contributed by atoms with van der Waals surface area (Å²) in [4.78, 5) is 11.1. The van der Waals surface area contributed by atoms with Crippen molar-refractivity contribution in [3.63, 3.8) is 0 Å². The second-order valence-corrected chi connectivity index (χ2v) is 8.02. The molecule has 8 heteroatoms. The minimum absolute atomic E-state index is 0.0386. The molecular weight excluding hydrogens is 395 g/mol. The molecule has 1 aromatic heterocycles. The van der Waals surface area contributed by atoms with E-state index in [2.05, 4.69) is 4.57 Å². The Bertz CT molecular complexity index is 1080. The van der Waals surface area contributed by atoms with Gasteiger partial charge in [0.1, 0.15) is 5.82 Å². The zero-order chi connectivity index (χ0) is 20.5. The smallest absolute Gasteiger partial charge is 0.305 e. The molecule has 0 amide bonds. The molecular formula is C21H21FN2O4S. The van der Waals surface area contributed by atoms with Gasteiger partial charge in [0.05, 0.1) is 12.1 Å². The summed E-state index contributed by atoms with van der Waals surface area (Å²) in [5.74, 6) is -1.24. The number of rotatable bonds is 6. The van der Waals surface area contributed by atoms with Crippen LogP contribution in [0.5, 0.6) is 0 Å². The van der Waals surface area contributed by atoms with Crippen molar-refractivity contribution in [2.24, 2.45) is 0 Å². The molecule has 1 heterocycles. The van der Waals surface area contributed by atoms with Crippen molar-refractivity contribution in [2.75, 3.05) is 4.31 Å². The van der Waals surface area contributed by atoms with Crippen molar-refractivity contribution >= 4 is 33.8 Å². The monoisotopic (exact) mass is 416 g/mol. The Morgan fingerprint density at radius 3 is 2.62 bits per heavy atom. The van der Waals surface area contributed by atoms with Crippen LogP contribution in [0.15, 0.2) is 48.5 Å². The number of aliphatic carboxylic acids is 1. The van der Waals surface area contributed by atoms with Crippen LogP contribution >= 0.6 is 0 Å². The second kappa shape index (κ2) is 7.96. The van der Waals surface area contributed by atoms with E-state index in [1.165, 1.54) is 28.6 Å². The highest BCUT2D eigenvalue weighted by molar-refractivity contribution is 7.80. The Morgan fingerprint density at radius 2 is 1.93 bits per heavy atom. The number of carboxylic acids is 1. The zero-order valence-corrected chi connectivity index (χ0v) is 16.4. The quantitative estimate of drug-likeness (QED) is 0.600. The SMILES string of the molecule is O=C(O)CCn1c2c(c3ccccc31)C[C@H](N(c1ccc(F)cc1)S(=O)O)CC2. The molecule has 2 N–H and O–H groups in total. The number of carboxylic acid groups (broad SMARTS) is 1. The van der Waals surface area contributed by atoms with E-state index < -0.39 is 23.1 Å². The maximum Gasteiger partial charge on any atom is 0.305 e. The van der Waals surface area contributed by atoms with Crippen LogP contribution < -0.4 is 4.31 Å². The number of nitrogens with zero attached hydrogens (tertiary/aromatic N) is 2. The lowest BCUT2D eigenvalue weighted by Gasteiger charge is -2.33. The molecule has 1 aliphatic rings. The number of hydrogen-bond acceptors (Lipinski definition) is 2. The lowest BCUT2D eigenvalue weighted by atomic mass is 9.91. The van der Waals surface area contributed by atoms with Crippen LogP contribution in [0, 0.1) is 5.82 Å². The molecule has 0 fully saturated rings. The predicted octanol–water partition coefficient (Wildman–Crippen LogP) is 3.76. The lowest BCUT2D eigenvalue weighted by Crippen LogP contribution is -2.40. The average Bonchev–Trinajstić information content (AvgIpc) is 3.01. The number of para-hydroxylation sites is 1. The molecule has 6 nitrogen and oxygen atoms in total. The summed E-state index contributed by atoms with van der Waals surface area (Å²) in [6, 6.07) is 13.2. The third-order valence-corrected chi connectivity index (χ3v) is 6.32. The van der Waals surface area contributed by atoms with Gasteiger partial charge in [-0.2, -0.15) is 0 Å². The normalized spacial score (nSPS) is 17.1. The van der Waals surface area contributed by atoms with E-state index in [4.69, 9.17) is 5.11 Å². The molecule has 152 valence electrons. The summed E-state index contributed by atoms with van der Waals surface area (Å²) < 4.78 is 38.8. The lowest BCUT2D eigenvalue weighted by molar-refractivity contribution is -0.137. The van der Waals surface area contributed by atoms with E-state index in [9.17, 15) is 17.9 Å². The molecule has 0 saturated heterocycles. The largest absolute Gasteiger partial charge is 0.481 e. The number of fused-ring (bicyclic) bond motifs is 3. The topological polar surface area (TPSA) is 82.8 Å². The molecule has 3 aromatic rings. The van der Waals surface area contributed by atoms with Gasteiger partial charge in [-0.15, -0.1) is 0 Å². The van der Waals surface area contributed by atoms with E-state index in [-0.39, 0.29) is 12.5 Å². The standard InChI is InChI=1S/C21H21FN2O4S/c22-14-5-7-15(8-6-14)24(29(27)28)16-9-10-20-18(13-16)17-3-1-2-4-19(17)23(20)12-11-21(25)26/h1-8,16H,9-13H2,(H,25,26)(H,27,28)/t16-/m1/s1. The first kappa shape index (κ1) is 19.6. The minimum Gasteiger partial charge on any atom is -0.481 e. The summed E-state index contributed by atoms with van der Waals surface area (Å²) in [5, 5.41) is 10.1. The Labute approximate surface area is 170 Å². The van der Waals surface area contributed by atoms with E-state index in [1.807, 2.05) is 24.3 Å². The van der Waals surface area contributed by atoms with Crippen molar-refractivity contribution in [2.45, 2.75) is 38.3 Å². The van der Waals surface area contributed by atoms with Crippen molar-refractivity contribution < 1.29 is 23.1 Å². The molecule has 1 unspecified atom stereocenters. The van der Waals surface area contributed by atoms with Crippen LogP contribution in [0.3, 0.4) is 0 Å². The molecule has 2 atom stereocenters. The molecule has 0 saturated carbocycles. The van der Waals surface area contributed by atoms with Gasteiger partial charge in [-0.3, -0.25) is 13.7 Å². The molecule has 2 aromatic carbocycles. The van der Waals surface area contributed by atoms with Crippen molar-refractivity contribution in [1.82, 2.24) is 4.57 Å². The highest BCUT2D eigenvalue weighted by Crippen LogP contribution is 2.35. The number of carbonyl (C=O) groups is 1. The first-order valence-corrected chi connectivity index (χ1v) is 10.5. The van der Waals surface area contributed by atoms with Gasteiger partial charge in [0.25, 0.3) is 11.3 Å². The molecule has 0 aliphatic heterocycles. The van der Waals surface area contributed by atoms with Gasteiger partial charge < -0.3 is 9.67 Å². The highest BCUT2D eigenvalue weighted by atomic mass is 32.2. The molecule has 0 radical (unpaired) electrons. The number of hydrogen-bond donors (Lipinski definition) is 2. The Hall–Kier alpha value is -2.71. The summed E-state index contributed by atoms with van der Waals surface area (Å²) in [5.41, 5.74) is 3.65. The number of aryl methyl sites for hydroxylation is 1. The number of aromatic nitrogens is 1. The summed E-state index contributed by atoms with van der Waals surface area (Å²) in [6.07, 6.45) is 1.90. The minimum atomic E-state index is -2.25. The van der Waals surface area contributed by atoms with E-state index >= 15 is 0 Å². The molecule has 1 aliphatic carbocycles. The fourth-order valence-corrected chi connectivity index (χ4v) is 5.00. The van der Waals surface area contributed by atoms with Gasteiger partial charge in [-0.1, -0.05) is 18.2 Å². The fourth-order valence-electron chi connectivity index (χ4n) is 4.26. The van der Waals surface area contributed by atoms with Gasteiger partial charge in [0.15, 0.2) is 0 Å². The molecule has 4 rings (SSSR count). The highest BCUT2D eigenvalue weighted by Gasteiger charge is 2.31. The van der Waals surface area contributed by atoms with Crippen LogP contribution in [-0.4, -0.2) is 30.4 Å². The zero-order valence-electron chi connectivity index (χ0n) is 15.6. The average molecular weight is 416 g/mol.